The van der Waals surface area contributed by atoms with E-state index in [2.05, 4.69) is 8.92 Å². The molecule has 2 aliphatic heterocycles. The summed E-state index contributed by atoms with van der Waals surface area (Å²) < 4.78 is 180. The van der Waals surface area contributed by atoms with Crippen LogP contribution in [-0.4, -0.2) is 101 Å². The minimum absolute atomic E-state index is 0.0332. The monoisotopic (exact) mass is 720 g/mol. The number of methoxy groups -OCH3 is 1. The van der Waals surface area contributed by atoms with E-state index in [1.54, 1.807) is 30.3 Å². The molecule has 270 valence electrons. The first-order valence-electron chi connectivity index (χ1n) is 13.9. The van der Waals surface area contributed by atoms with Gasteiger partial charge < -0.3 is 33.5 Å². The first kappa shape index (κ1) is 39.2. The maximum Gasteiger partial charge on any atom is 0.460 e. The molecule has 0 spiro atoms. The molecule has 2 fully saturated rings. The second kappa shape index (κ2) is 15.5. The lowest BCUT2D eigenvalue weighted by Crippen LogP contribution is -2.65. The van der Waals surface area contributed by atoms with Crippen molar-refractivity contribution in [3.8, 4) is 0 Å². The molecule has 0 saturated carbocycles. The number of halogens is 8. The molecule has 1 aromatic rings. The van der Waals surface area contributed by atoms with Crippen LogP contribution in [0.25, 0.3) is 0 Å². The van der Waals surface area contributed by atoms with Gasteiger partial charge in [-0.25, -0.2) is 4.74 Å². The number of carbonyl (C=O) groups is 1. The summed E-state index contributed by atoms with van der Waals surface area (Å²) in [6.45, 7) is 0.649. The number of aliphatic carboxylic acids is 1. The van der Waals surface area contributed by atoms with Crippen molar-refractivity contribution in [3.05, 3.63) is 35.9 Å². The maximum absolute atomic E-state index is 14.9. The number of hydrogen-bond donors (Lipinski definition) is 1. The third-order valence-electron chi connectivity index (χ3n) is 6.84. The fourth-order valence-electron chi connectivity index (χ4n) is 4.43. The van der Waals surface area contributed by atoms with Crippen molar-refractivity contribution < 1.29 is 90.8 Å². The van der Waals surface area contributed by atoms with Crippen LogP contribution in [0.4, 0.5) is 35.1 Å². The molecule has 0 amide bonds. The molecular weight excluding hydrogens is 688 g/mol. The van der Waals surface area contributed by atoms with Gasteiger partial charge in [0, 0.05) is 32.1 Å². The number of ether oxygens (including phenoxy) is 7. The standard InChI is InChI=1S/C26H32F8O12S/c1-3-40-14-42-19-18-16(13-41-21(44-18)15-9-5-4-6-10-15)43-22(39-2)20(19)45-47(37,38)26(33,34)25(31,32)46-24(29,30)23(27,28)12-8-7-11-17(35)36/h4-6,9-10,16,18-22H,3,7-8,11-14H2,1-2H3,(H,35,36)/t16-,18-,19+,20+,21?,22-/m1/s1. The lowest BCUT2D eigenvalue weighted by atomic mass is 9.97. The van der Waals surface area contributed by atoms with Crippen LogP contribution in [0, 0.1) is 0 Å². The van der Waals surface area contributed by atoms with Gasteiger partial charge in [-0.2, -0.15) is 43.5 Å². The molecule has 0 bridgehead atoms. The van der Waals surface area contributed by atoms with Crippen LogP contribution in [0.15, 0.2) is 30.3 Å². The van der Waals surface area contributed by atoms with Crippen molar-refractivity contribution in [3.63, 3.8) is 0 Å². The molecule has 21 heteroatoms. The quantitative estimate of drug-likeness (QED) is 0.0976. The molecule has 2 heterocycles. The summed E-state index contributed by atoms with van der Waals surface area (Å²) in [5, 5.41) is 1.77. The van der Waals surface area contributed by atoms with Crippen molar-refractivity contribution in [2.75, 3.05) is 27.1 Å². The Labute approximate surface area is 263 Å². The van der Waals surface area contributed by atoms with Crippen molar-refractivity contribution >= 4 is 16.1 Å². The second-order valence-corrected chi connectivity index (χ2v) is 11.8. The predicted octanol–water partition coefficient (Wildman–Crippen LogP) is 4.64. The summed E-state index contributed by atoms with van der Waals surface area (Å²) in [5.74, 6) is -7.04. The van der Waals surface area contributed by atoms with Crippen LogP contribution in [0.3, 0.4) is 0 Å². The number of carboxylic acid groups (broad SMARTS) is 1. The molecule has 2 aliphatic rings. The van der Waals surface area contributed by atoms with Crippen LogP contribution in [-0.2, 0) is 52.3 Å². The average molecular weight is 721 g/mol. The van der Waals surface area contributed by atoms with E-state index in [4.69, 9.17) is 33.5 Å². The Kier molecular flexibility index (Phi) is 13.0. The van der Waals surface area contributed by atoms with Gasteiger partial charge in [-0.1, -0.05) is 30.3 Å². The fraction of sp³-hybridized carbons (Fsp3) is 0.731. The van der Waals surface area contributed by atoms with Gasteiger partial charge in [0.1, 0.15) is 25.1 Å². The van der Waals surface area contributed by atoms with E-state index < -0.39 is 109 Å². The van der Waals surface area contributed by atoms with Crippen LogP contribution in [0.2, 0.25) is 0 Å². The molecule has 6 atom stereocenters. The lowest BCUT2D eigenvalue weighted by Gasteiger charge is -2.48. The summed E-state index contributed by atoms with van der Waals surface area (Å²) in [4.78, 5) is 10.5. The Balaban J connectivity index is 1.87. The van der Waals surface area contributed by atoms with E-state index in [1.165, 1.54) is 6.92 Å². The van der Waals surface area contributed by atoms with Gasteiger partial charge >= 0.3 is 39.5 Å². The van der Waals surface area contributed by atoms with Crippen LogP contribution >= 0.6 is 0 Å². The summed E-state index contributed by atoms with van der Waals surface area (Å²) in [5.41, 5.74) is 0.441. The lowest BCUT2D eigenvalue weighted by molar-refractivity contribution is -0.457. The topological polar surface area (TPSA) is 145 Å². The zero-order valence-electron chi connectivity index (χ0n) is 24.7. The molecule has 1 aromatic carbocycles. The van der Waals surface area contributed by atoms with Crippen LogP contribution in [0.1, 0.15) is 44.5 Å². The number of fused-ring (bicyclic) bond motifs is 1. The van der Waals surface area contributed by atoms with Gasteiger partial charge in [-0.3, -0.25) is 8.98 Å². The highest BCUT2D eigenvalue weighted by molar-refractivity contribution is 7.87. The minimum atomic E-state index is -7.09. The maximum atomic E-state index is 14.9. The van der Waals surface area contributed by atoms with E-state index in [-0.39, 0.29) is 13.2 Å². The van der Waals surface area contributed by atoms with Gasteiger partial charge in [0.2, 0.25) is 0 Å². The zero-order chi connectivity index (χ0) is 35.3. The molecule has 12 nitrogen and oxygen atoms in total. The summed E-state index contributed by atoms with van der Waals surface area (Å²) >= 11 is 0. The molecule has 2 saturated heterocycles. The molecule has 0 aromatic heterocycles. The summed E-state index contributed by atoms with van der Waals surface area (Å²) in [6.07, 6.45) is -27.4. The Hall–Kier alpha value is -2.24. The third-order valence-corrected chi connectivity index (χ3v) is 8.18. The molecule has 47 heavy (non-hydrogen) atoms. The number of hydrogen-bond acceptors (Lipinski definition) is 11. The van der Waals surface area contributed by atoms with E-state index in [0.717, 1.165) is 7.11 Å². The van der Waals surface area contributed by atoms with Gasteiger partial charge in [0.25, 0.3) is 0 Å². The fourth-order valence-corrected chi connectivity index (χ4v) is 5.38. The number of unbranched alkanes of at least 4 members (excludes halogenated alkanes) is 1. The van der Waals surface area contributed by atoms with E-state index in [9.17, 15) is 48.3 Å². The molecular formula is C26H32F8O12S. The molecule has 0 aliphatic carbocycles. The highest BCUT2D eigenvalue weighted by Crippen LogP contribution is 2.49. The number of alkyl halides is 8. The van der Waals surface area contributed by atoms with Gasteiger partial charge in [-0.05, 0) is 19.8 Å². The predicted molar refractivity (Wildman–Crippen MR) is 138 cm³/mol. The van der Waals surface area contributed by atoms with Crippen molar-refractivity contribution in [2.45, 2.75) is 93.0 Å². The van der Waals surface area contributed by atoms with Crippen LogP contribution in [0.5, 0.6) is 0 Å². The van der Waals surface area contributed by atoms with Crippen molar-refractivity contribution in [1.82, 2.24) is 0 Å². The summed E-state index contributed by atoms with van der Waals surface area (Å²) in [7, 11) is -6.21. The number of benzene rings is 1. The van der Waals surface area contributed by atoms with E-state index in [1.807, 2.05) is 0 Å². The SMILES string of the molecule is CCOCO[C@@H]1[C@H](OS(=O)(=O)C(F)(F)C(F)(F)OC(F)(F)C(F)(F)CCCCC(=O)O)[C@H](OC)O[C@@H]2COC(c3ccccc3)O[C@@H]12. The highest BCUT2D eigenvalue weighted by Gasteiger charge is 2.75. The Morgan fingerprint density at radius 2 is 1.64 bits per heavy atom. The smallest absolute Gasteiger partial charge is 0.460 e. The molecule has 0 radical (unpaired) electrons. The first-order valence-corrected chi connectivity index (χ1v) is 15.3. The van der Waals surface area contributed by atoms with Gasteiger partial charge in [-0.15, -0.1) is 0 Å². The third kappa shape index (κ3) is 9.06. The highest BCUT2D eigenvalue weighted by atomic mass is 32.2. The second-order valence-electron chi connectivity index (χ2n) is 10.2. The Bertz CT molecular complexity index is 1270. The van der Waals surface area contributed by atoms with E-state index >= 15 is 0 Å². The largest absolute Gasteiger partial charge is 0.481 e. The molecule has 1 unspecified atom stereocenters. The normalized spacial score (nSPS) is 26.2. The van der Waals surface area contributed by atoms with E-state index in [0.29, 0.717) is 5.56 Å². The van der Waals surface area contributed by atoms with Crippen molar-refractivity contribution in [2.24, 2.45) is 0 Å². The first-order chi connectivity index (χ1) is 21.8. The van der Waals surface area contributed by atoms with Crippen molar-refractivity contribution in [1.29, 1.82) is 0 Å². The number of carboxylic acids is 1. The Morgan fingerprint density at radius 3 is 2.23 bits per heavy atom. The Morgan fingerprint density at radius 1 is 0.979 bits per heavy atom. The molecule has 1 N–H and O–H groups in total. The molecule has 3 rings (SSSR count). The zero-order valence-corrected chi connectivity index (χ0v) is 25.5. The van der Waals surface area contributed by atoms with Crippen LogP contribution < -0.4 is 0 Å². The van der Waals surface area contributed by atoms with Gasteiger partial charge in [0.05, 0.1) is 6.61 Å². The minimum Gasteiger partial charge on any atom is -0.481 e. The average Bonchev–Trinajstić information content (AvgIpc) is 2.99. The number of rotatable bonds is 18. The van der Waals surface area contributed by atoms with Gasteiger partial charge in [0.15, 0.2) is 18.7 Å². The summed E-state index contributed by atoms with van der Waals surface area (Å²) in [6, 6.07) is 8.08.